The predicted molar refractivity (Wildman–Crippen MR) is 73.0 cm³/mol. The molecular weight excluding hydrogens is 291 g/mol. The second-order valence-electron chi connectivity index (χ2n) is 4.90. The number of nitro benzene ring substituents is 1. The Bertz CT molecular complexity index is 538. The lowest BCUT2D eigenvalue weighted by Gasteiger charge is -2.21. The Morgan fingerprint density at radius 2 is 2.05 bits per heavy atom. The van der Waals surface area contributed by atoms with Gasteiger partial charge in [-0.05, 0) is 25.3 Å². The first-order chi connectivity index (χ1) is 9.04. The fourth-order valence-electron chi connectivity index (χ4n) is 2.79. The number of hydrogen-bond acceptors (Lipinski definition) is 4. The zero-order valence-corrected chi connectivity index (χ0v) is 11.4. The molecule has 7 heteroatoms. The highest BCUT2D eigenvalue weighted by Gasteiger charge is 2.41. The van der Waals surface area contributed by atoms with Crippen LogP contribution in [0.25, 0.3) is 0 Å². The van der Waals surface area contributed by atoms with Crippen LogP contribution in [0.15, 0.2) is 12.1 Å². The topological polar surface area (TPSA) is 64.4 Å². The Hall–Kier alpha value is -1.04. The quantitative estimate of drug-likeness (QED) is 0.684. The van der Waals surface area contributed by atoms with Gasteiger partial charge in [0.1, 0.15) is 5.69 Å². The van der Waals surface area contributed by atoms with Crippen molar-refractivity contribution in [2.45, 2.75) is 37.5 Å². The van der Waals surface area contributed by atoms with E-state index < -0.39 is 4.92 Å². The van der Waals surface area contributed by atoms with Gasteiger partial charge in [0.05, 0.1) is 33.2 Å². The molecule has 3 atom stereocenters. The van der Waals surface area contributed by atoms with E-state index in [0.717, 1.165) is 19.3 Å². The maximum atomic E-state index is 11.1. The van der Waals surface area contributed by atoms with Gasteiger partial charge in [-0.15, -0.1) is 0 Å². The van der Waals surface area contributed by atoms with Crippen LogP contribution in [-0.2, 0) is 4.74 Å². The van der Waals surface area contributed by atoms with Crippen LogP contribution in [0.2, 0.25) is 10.0 Å². The number of hydrogen-bond donors (Lipinski definition) is 1. The lowest BCUT2D eigenvalue weighted by atomic mass is 9.95. The van der Waals surface area contributed by atoms with Crippen molar-refractivity contribution in [1.29, 1.82) is 0 Å². The summed E-state index contributed by atoms with van der Waals surface area (Å²) in [6.45, 7) is 0. The third-order valence-corrected chi connectivity index (χ3v) is 4.40. The highest BCUT2D eigenvalue weighted by atomic mass is 35.5. The van der Waals surface area contributed by atoms with Crippen molar-refractivity contribution in [3.8, 4) is 0 Å². The molecule has 0 amide bonds. The van der Waals surface area contributed by atoms with Crippen molar-refractivity contribution in [2.75, 3.05) is 5.32 Å². The third-order valence-electron chi connectivity index (χ3n) is 3.68. The molecule has 1 aromatic carbocycles. The van der Waals surface area contributed by atoms with E-state index in [0.29, 0.717) is 10.7 Å². The molecule has 5 nitrogen and oxygen atoms in total. The second-order valence-corrected chi connectivity index (χ2v) is 5.72. The number of benzene rings is 1. The minimum Gasteiger partial charge on any atom is -0.374 e. The maximum absolute atomic E-state index is 11.1. The van der Waals surface area contributed by atoms with Crippen LogP contribution in [0, 0.1) is 10.1 Å². The summed E-state index contributed by atoms with van der Waals surface area (Å²) in [5, 5.41) is 14.7. The van der Waals surface area contributed by atoms with Gasteiger partial charge >= 0.3 is 0 Å². The molecule has 2 bridgehead atoms. The van der Waals surface area contributed by atoms with Gasteiger partial charge in [-0.3, -0.25) is 10.1 Å². The normalized spacial score (nSPS) is 28.6. The van der Waals surface area contributed by atoms with Gasteiger partial charge in [-0.1, -0.05) is 23.2 Å². The minimum atomic E-state index is -0.460. The number of rotatable bonds is 3. The van der Waals surface area contributed by atoms with Gasteiger partial charge in [0.15, 0.2) is 0 Å². The van der Waals surface area contributed by atoms with Gasteiger partial charge in [-0.2, -0.15) is 0 Å². The summed E-state index contributed by atoms with van der Waals surface area (Å²) < 4.78 is 5.72. The summed E-state index contributed by atoms with van der Waals surface area (Å²) in [6, 6.07) is 2.89. The molecule has 3 unspecified atom stereocenters. The van der Waals surface area contributed by atoms with Gasteiger partial charge in [0.2, 0.25) is 0 Å². The maximum Gasteiger partial charge on any atom is 0.293 e. The van der Waals surface area contributed by atoms with Crippen molar-refractivity contribution in [2.24, 2.45) is 0 Å². The van der Waals surface area contributed by atoms with E-state index in [1.54, 1.807) is 0 Å². The van der Waals surface area contributed by atoms with Crippen LogP contribution in [0.5, 0.6) is 0 Å². The summed E-state index contributed by atoms with van der Waals surface area (Å²) in [5.74, 6) is 0. The van der Waals surface area contributed by atoms with E-state index in [-0.39, 0.29) is 29.0 Å². The van der Waals surface area contributed by atoms with Gasteiger partial charge in [0, 0.05) is 6.07 Å². The Labute approximate surface area is 120 Å². The highest BCUT2D eigenvalue weighted by molar-refractivity contribution is 6.42. The zero-order chi connectivity index (χ0) is 13.6. The molecule has 1 N–H and O–H groups in total. The average Bonchev–Trinajstić information content (AvgIpc) is 2.95. The molecule has 0 saturated carbocycles. The van der Waals surface area contributed by atoms with E-state index in [4.69, 9.17) is 27.9 Å². The van der Waals surface area contributed by atoms with E-state index in [1.807, 2.05) is 0 Å². The highest BCUT2D eigenvalue weighted by Crippen LogP contribution is 2.39. The summed E-state index contributed by atoms with van der Waals surface area (Å²) in [5.41, 5.74) is 0.345. The molecule has 1 aromatic rings. The molecule has 2 aliphatic rings. The minimum absolute atomic E-state index is 0.0582. The smallest absolute Gasteiger partial charge is 0.293 e. The van der Waals surface area contributed by atoms with E-state index >= 15 is 0 Å². The van der Waals surface area contributed by atoms with E-state index in [2.05, 4.69) is 5.32 Å². The van der Waals surface area contributed by atoms with Crippen LogP contribution in [0.1, 0.15) is 19.3 Å². The lowest BCUT2D eigenvalue weighted by Crippen LogP contribution is -2.30. The molecule has 2 aliphatic heterocycles. The molecule has 0 spiro atoms. The van der Waals surface area contributed by atoms with Crippen LogP contribution in [0.4, 0.5) is 11.4 Å². The van der Waals surface area contributed by atoms with E-state index in [9.17, 15) is 10.1 Å². The van der Waals surface area contributed by atoms with E-state index in [1.165, 1.54) is 12.1 Å². The Morgan fingerprint density at radius 3 is 2.63 bits per heavy atom. The van der Waals surface area contributed by atoms with Crippen LogP contribution < -0.4 is 5.32 Å². The Balaban J connectivity index is 1.87. The molecule has 19 heavy (non-hydrogen) atoms. The molecule has 2 heterocycles. The first-order valence-corrected chi connectivity index (χ1v) is 6.85. The molecule has 102 valence electrons. The van der Waals surface area contributed by atoms with Gasteiger partial charge in [-0.25, -0.2) is 0 Å². The molecule has 2 saturated heterocycles. The van der Waals surface area contributed by atoms with Crippen LogP contribution >= 0.6 is 23.2 Å². The summed E-state index contributed by atoms with van der Waals surface area (Å²) in [7, 11) is 0. The fraction of sp³-hybridized carbons (Fsp3) is 0.500. The van der Waals surface area contributed by atoms with Crippen molar-refractivity contribution < 1.29 is 9.66 Å². The number of nitro groups is 1. The molecule has 2 fully saturated rings. The summed E-state index contributed by atoms with van der Waals surface area (Å²) in [6.07, 6.45) is 3.37. The number of anilines is 1. The van der Waals surface area contributed by atoms with Gasteiger partial charge in [0.25, 0.3) is 5.69 Å². The zero-order valence-electron chi connectivity index (χ0n) is 9.94. The van der Waals surface area contributed by atoms with Crippen molar-refractivity contribution in [3.05, 3.63) is 32.3 Å². The largest absolute Gasteiger partial charge is 0.374 e. The van der Waals surface area contributed by atoms with Crippen LogP contribution in [-0.4, -0.2) is 23.2 Å². The number of ether oxygens (including phenoxy) is 1. The fourth-order valence-corrected chi connectivity index (χ4v) is 3.11. The predicted octanol–water partition coefficient (Wildman–Crippen LogP) is 3.63. The monoisotopic (exact) mass is 302 g/mol. The first kappa shape index (κ1) is 13.0. The average molecular weight is 303 g/mol. The van der Waals surface area contributed by atoms with Crippen molar-refractivity contribution in [3.63, 3.8) is 0 Å². The Morgan fingerprint density at radius 1 is 1.32 bits per heavy atom. The Kier molecular flexibility index (Phi) is 3.28. The summed E-state index contributed by atoms with van der Waals surface area (Å²) >= 11 is 11.7. The van der Waals surface area contributed by atoms with Crippen LogP contribution in [0.3, 0.4) is 0 Å². The number of fused-ring (bicyclic) bond motifs is 2. The molecule has 0 aliphatic carbocycles. The molecular formula is C12H12Cl2N2O3. The lowest BCUT2D eigenvalue weighted by molar-refractivity contribution is -0.384. The molecule has 0 aromatic heterocycles. The molecule has 3 rings (SSSR count). The number of nitrogens with zero attached hydrogens (tertiary/aromatic N) is 1. The SMILES string of the molecule is O=[N+]([O-])c1cc(Cl)c(Cl)cc1NC1CC2CCC1O2. The second kappa shape index (κ2) is 4.81. The first-order valence-electron chi connectivity index (χ1n) is 6.10. The van der Waals surface area contributed by atoms with Crippen molar-refractivity contribution >= 4 is 34.6 Å². The summed E-state index contributed by atoms with van der Waals surface area (Å²) in [4.78, 5) is 10.6. The number of halogens is 2. The molecule has 0 radical (unpaired) electrons. The third kappa shape index (κ3) is 2.38. The van der Waals surface area contributed by atoms with Crippen molar-refractivity contribution in [1.82, 2.24) is 0 Å². The van der Waals surface area contributed by atoms with Gasteiger partial charge < -0.3 is 10.1 Å². The number of nitrogens with one attached hydrogen (secondary N) is 1. The standard InChI is InChI=1S/C12H12Cl2N2O3/c13-7-4-9(11(16(17)18)5-8(7)14)15-10-3-6-1-2-12(10)19-6/h4-6,10,12,15H,1-3H2.